The largest absolute Gasteiger partial charge is 0.505 e. The van der Waals surface area contributed by atoms with E-state index in [1.807, 2.05) is 154 Å². The van der Waals surface area contributed by atoms with Gasteiger partial charge in [-0.2, -0.15) is 0 Å². The quantitative estimate of drug-likeness (QED) is 0.0307. The zero-order valence-electron chi connectivity index (χ0n) is 66.1. The predicted molar refractivity (Wildman–Crippen MR) is 434 cm³/mol. The summed E-state index contributed by atoms with van der Waals surface area (Å²) in [6.45, 7) is 52.4. The van der Waals surface area contributed by atoms with Crippen LogP contribution in [0.25, 0.3) is 16.7 Å². The zero-order valence-corrected chi connectivity index (χ0v) is 66.1. The van der Waals surface area contributed by atoms with Crippen molar-refractivity contribution in [1.82, 2.24) is 15.0 Å². The number of nitrogens with two attached hydrogens (primary N) is 3. The number of anilines is 3. The molecule has 0 spiro atoms. The molecule has 0 amide bonds. The van der Waals surface area contributed by atoms with Gasteiger partial charge in [0.15, 0.2) is 0 Å². The van der Waals surface area contributed by atoms with Gasteiger partial charge in [-0.05, 0) is 182 Å². The molecule has 13 heteroatoms. The Morgan fingerprint density at radius 1 is 0.340 bits per heavy atom. The fraction of sp³-hybridized carbons (Fsp3) is 0.400. The van der Waals surface area contributed by atoms with E-state index in [1.54, 1.807) is 10.9 Å². The van der Waals surface area contributed by atoms with E-state index in [2.05, 4.69) is 203 Å². The Balaban J connectivity index is 0.000000205. The van der Waals surface area contributed by atoms with Crippen LogP contribution in [-0.2, 0) is 32.5 Å². The van der Waals surface area contributed by atoms with Gasteiger partial charge in [0.25, 0.3) is 0 Å². The van der Waals surface area contributed by atoms with E-state index >= 15 is 0 Å². The minimum atomic E-state index is -0.446. The molecule has 546 valence electrons. The predicted octanol–water partition coefficient (Wildman–Crippen LogP) is 24.2. The number of hydrogen-bond donors (Lipinski definition) is 6. The highest BCUT2D eigenvalue weighted by Gasteiger charge is 2.37. The van der Waals surface area contributed by atoms with Gasteiger partial charge in [0.1, 0.15) is 51.0 Å². The Morgan fingerprint density at radius 2 is 0.680 bits per heavy atom. The summed E-state index contributed by atoms with van der Waals surface area (Å²) < 4.78 is 0. The van der Waals surface area contributed by atoms with Crippen LogP contribution in [0.1, 0.15) is 231 Å². The molecule has 0 aliphatic rings. The van der Waals surface area contributed by atoms with Crippen LogP contribution < -0.4 is 17.2 Å². The number of phenols is 3. The molecule has 0 aliphatic heterocycles. The topological polar surface area (TPSA) is 224 Å². The third-order valence-corrected chi connectivity index (χ3v) is 19.6. The highest BCUT2D eigenvalue weighted by molar-refractivity contribution is 5.75. The third kappa shape index (κ3) is 20.4. The van der Waals surface area contributed by atoms with Crippen LogP contribution in [-0.4, -0.2) is 30.3 Å². The van der Waals surface area contributed by atoms with Crippen molar-refractivity contribution in [2.45, 2.75) is 218 Å². The minimum absolute atomic E-state index is 0.0239. The highest BCUT2D eigenvalue weighted by Crippen LogP contribution is 2.50. The molecule has 1 aromatic heterocycles. The number of aromatic hydroxyl groups is 3. The second-order valence-corrected chi connectivity index (χ2v) is 35.5. The lowest BCUT2D eigenvalue weighted by atomic mass is 9.70. The highest BCUT2D eigenvalue weighted by atomic mass is 16.3. The summed E-state index contributed by atoms with van der Waals surface area (Å²) >= 11 is 0. The molecule has 13 nitrogen and oxygen atoms in total. The molecule has 1 heterocycles. The van der Waals surface area contributed by atoms with E-state index < -0.39 is 16.2 Å². The van der Waals surface area contributed by atoms with Crippen molar-refractivity contribution in [2.75, 3.05) is 17.2 Å². The van der Waals surface area contributed by atoms with E-state index in [4.69, 9.17) is 27.4 Å². The fourth-order valence-electron chi connectivity index (χ4n) is 14.7. The molecule has 0 unspecified atom stereocenters. The maximum absolute atomic E-state index is 11.6. The number of nitrogen functional groups attached to an aromatic ring is 3. The van der Waals surface area contributed by atoms with E-state index in [1.165, 1.54) is 5.56 Å². The maximum atomic E-state index is 11.6. The van der Waals surface area contributed by atoms with Crippen molar-refractivity contribution in [1.29, 1.82) is 0 Å². The molecular weight excluding hydrogens is 1270 g/mol. The number of aromatic nitrogens is 3. The van der Waals surface area contributed by atoms with Gasteiger partial charge in [0.05, 0.1) is 17.1 Å². The number of azo groups is 1. The van der Waals surface area contributed by atoms with E-state index in [0.717, 1.165) is 91.5 Å². The first-order valence-electron chi connectivity index (χ1n) is 35.9. The van der Waals surface area contributed by atoms with Crippen molar-refractivity contribution in [3.63, 3.8) is 0 Å². The van der Waals surface area contributed by atoms with E-state index in [-0.39, 0.29) is 55.4 Å². The van der Waals surface area contributed by atoms with Gasteiger partial charge >= 0.3 is 0 Å². The number of phenolic OH excluding ortho intramolecular Hbond substituents is 3. The number of rotatable bonds is 16. The summed E-state index contributed by atoms with van der Waals surface area (Å²) in [5.74, 6) is 0.351. The summed E-state index contributed by atoms with van der Waals surface area (Å²) in [6.07, 6.45) is 2.94. The first-order chi connectivity index (χ1) is 47.6. The van der Waals surface area contributed by atoms with Crippen LogP contribution in [0, 0.1) is 41.9 Å². The Bertz CT molecular complexity index is 4600. The van der Waals surface area contributed by atoms with Crippen molar-refractivity contribution in [2.24, 2.45) is 31.7 Å². The molecule has 0 bridgehead atoms. The lowest BCUT2D eigenvalue weighted by Gasteiger charge is -2.35. The van der Waals surface area contributed by atoms with Crippen molar-refractivity contribution >= 4 is 45.2 Å². The second-order valence-electron chi connectivity index (χ2n) is 35.5. The van der Waals surface area contributed by atoms with Crippen molar-refractivity contribution < 1.29 is 15.3 Å². The summed E-state index contributed by atoms with van der Waals surface area (Å²) in [7, 11) is 0. The molecule has 10 aromatic rings. The SMILES string of the molecule is CC(C)(C)CC(C)(C)c1cc(N=O)c(O)c(C(C)(C)c2ccccc2)c1.Cc1ccc(N)c(N)c1.Cc1ccc(N)c(N=Nc2cc(C(C)(C)CC(C)(C)C)cc(C(C)(C)c3ccccc3)c2O)c1.Cc1ccc2nn(-c3cc(C(C)(C)CC(C)(C)C)cc(C(C)(C)c4ccccc4)c3O)nc2c1. The average molecular weight is 1390 g/mol. The molecule has 0 atom stereocenters. The molecule has 0 fully saturated rings. The van der Waals surface area contributed by atoms with Gasteiger partial charge in [-0.15, -0.1) is 30.1 Å². The van der Waals surface area contributed by atoms with Crippen LogP contribution >= 0.6 is 0 Å². The van der Waals surface area contributed by atoms with Gasteiger partial charge in [0, 0.05) is 32.9 Å². The molecular formula is C90H117N9O4. The molecule has 103 heavy (non-hydrogen) atoms. The average Bonchev–Trinajstić information content (AvgIpc) is 1.65. The van der Waals surface area contributed by atoms with Crippen LogP contribution in [0.5, 0.6) is 17.2 Å². The Labute approximate surface area is 615 Å². The summed E-state index contributed by atoms with van der Waals surface area (Å²) in [6, 6.07) is 60.1. The Hall–Kier alpha value is -9.62. The third-order valence-electron chi connectivity index (χ3n) is 19.6. The smallest absolute Gasteiger partial charge is 0.150 e. The first-order valence-corrected chi connectivity index (χ1v) is 35.9. The van der Waals surface area contributed by atoms with Gasteiger partial charge in [0.2, 0.25) is 0 Å². The van der Waals surface area contributed by atoms with Gasteiger partial charge in [-0.3, -0.25) is 0 Å². The molecule has 0 saturated carbocycles. The molecule has 0 radical (unpaired) electrons. The lowest BCUT2D eigenvalue weighted by molar-refractivity contribution is 0.283. The molecule has 10 rings (SSSR count). The summed E-state index contributed by atoms with van der Waals surface area (Å²) in [5.41, 5.74) is 33.6. The molecule has 0 aliphatic carbocycles. The number of benzene rings is 9. The monoisotopic (exact) mass is 1390 g/mol. The Kier molecular flexibility index (Phi) is 24.4. The van der Waals surface area contributed by atoms with Crippen molar-refractivity contribution in [3.05, 3.63) is 254 Å². The molecule has 9 aromatic carbocycles. The Morgan fingerprint density at radius 3 is 1.08 bits per heavy atom. The van der Waals surface area contributed by atoms with Gasteiger partial charge in [-0.1, -0.05) is 273 Å². The van der Waals surface area contributed by atoms with E-state index in [9.17, 15) is 20.2 Å². The zero-order chi connectivity index (χ0) is 76.8. The number of aryl methyl sites for hydroxylation is 3. The summed E-state index contributed by atoms with van der Waals surface area (Å²) in [4.78, 5) is 13.0. The van der Waals surface area contributed by atoms with Gasteiger partial charge < -0.3 is 32.5 Å². The van der Waals surface area contributed by atoms with Gasteiger partial charge in [-0.25, -0.2) is 0 Å². The van der Waals surface area contributed by atoms with E-state index in [0.29, 0.717) is 34.1 Å². The molecule has 0 saturated heterocycles. The fourth-order valence-corrected chi connectivity index (χ4v) is 14.7. The first kappa shape index (κ1) is 80.7. The number of hydrogen-bond acceptors (Lipinski definition) is 12. The minimum Gasteiger partial charge on any atom is -0.505 e. The van der Waals surface area contributed by atoms with Crippen LogP contribution in [0.3, 0.4) is 0 Å². The normalized spacial score (nSPS) is 12.6. The maximum Gasteiger partial charge on any atom is 0.150 e. The van der Waals surface area contributed by atoms with Crippen LogP contribution in [0.15, 0.2) is 197 Å². The number of nitroso groups, excluding NO2 is 1. The summed E-state index contributed by atoms with van der Waals surface area (Å²) in [5, 5.41) is 55.3. The standard InChI is InChI=1S/C30H37N3O.C30H39N3O.C23H31NO2.C7H10N2/c1-20-14-15-24-25(16-20)32-33(31-24)26-18-22(29(5,6)19-28(2,3)4)17-23(27(26)34)30(7,8)21-12-10-9-11-13-21;1-20-14-15-24(31)25(16-20)32-33-26-18-22(29(5,6)19-28(2,3)4)17-23(27(26)34)30(7,8)21-12-10-9-11-13-21;1-21(2,3)15-22(4,5)17-13-18(20(25)19(14-17)24-26)23(6,7)16-11-9-8-10-12-16;1-5-2-3-6(8)7(9)4-5/h9-18,34H,19H2,1-8H3;9-18,34H,19,31H2,1-8H3;8-14,25H,15H2,1-7H3;2-4H,8-9H2,1H3. The molecule has 9 N–H and O–H groups in total. The van der Waals surface area contributed by atoms with Crippen LogP contribution in [0.4, 0.5) is 34.1 Å². The van der Waals surface area contributed by atoms with Crippen molar-refractivity contribution in [3.8, 4) is 22.9 Å². The second kappa shape index (κ2) is 31.1. The number of fused-ring (bicyclic) bond motifs is 1. The van der Waals surface area contributed by atoms with Crippen LogP contribution in [0.2, 0.25) is 0 Å². The number of nitrogens with zero attached hydrogens (tertiary/aromatic N) is 6. The lowest BCUT2D eigenvalue weighted by Crippen LogP contribution is -2.27.